The molecular weight excluding hydrogens is 342 g/mol. The van der Waals surface area contributed by atoms with Gasteiger partial charge in [0.15, 0.2) is 0 Å². The Labute approximate surface area is 128 Å². The molecule has 1 fully saturated rings. The van der Waals surface area contributed by atoms with Crippen molar-refractivity contribution >= 4 is 47.8 Å². The van der Waals surface area contributed by atoms with Crippen LogP contribution in [0, 0.1) is 6.92 Å². The van der Waals surface area contributed by atoms with Gasteiger partial charge >= 0.3 is 0 Å². The van der Waals surface area contributed by atoms with Crippen molar-refractivity contribution in [1.82, 2.24) is 5.32 Å². The van der Waals surface area contributed by atoms with Gasteiger partial charge in [0.2, 0.25) is 0 Å². The third kappa shape index (κ3) is 3.81. The molecule has 1 amide bonds. The lowest BCUT2D eigenvalue weighted by Crippen LogP contribution is -2.39. The number of carbonyl (C=O) groups is 1. The summed E-state index contributed by atoms with van der Waals surface area (Å²) in [5.41, 5.74) is 0. The van der Waals surface area contributed by atoms with Crippen molar-refractivity contribution in [3.8, 4) is 0 Å². The van der Waals surface area contributed by atoms with E-state index in [2.05, 4.69) is 5.32 Å². The van der Waals surface area contributed by atoms with Crippen LogP contribution in [0.25, 0.3) is 0 Å². The first kappa shape index (κ1) is 15.9. The second-order valence-electron chi connectivity index (χ2n) is 4.56. The molecule has 0 radical (unpaired) electrons. The van der Waals surface area contributed by atoms with Gasteiger partial charge in [0.1, 0.15) is 0 Å². The zero-order valence-electron chi connectivity index (χ0n) is 10.7. The first-order valence-electron chi connectivity index (χ1n) is 5.98. The van der Waals surface area contributed by atoms with Crippen LogP contribution >= 0.6 is 22.0 Å². The number of hydrogen-bond donors (Lipinski definition) is 1. The molecule has 112 valence electrons. The predicted octanol–water partition coefficient (Wildman–Crippen LogP) is 1.62. The molecule has 1 aliphatic heterocycles. The van der Waals surface area contributed by atoms with E-state index < -0.39 is 19.9 Å². The summed E-state index contributed by atoms with van der Waals surface area (Å²) in [5, 5.41) is 2.85. The van der Waals surface area contributed by atoms with Gasteiger partial charge in [0, 0.05) is 43.9 Å². The molecular formula is C11H14ClNO4S3. The van der Waals surface area contributed by atoms with Crippen LogP contribution < -0.4 is 5.32 Å². The zero-order valence-corrected chi connectivity index (χ0v) is 13.9. The summed E-state index contributed by atoms with van der Waals surface area (Å²) in [6, 6.07) is 1.30. The molecule has 1 saturated heterocycles. The lowest BCUT2D eigenvalue weighted by Gasteiger charge is -2.22. The van der Waals surface area contributed by atoms with E-state index >= 15 is 0 Å². The average Bonchev–Trinajstić information content (AvgIpc) is 2.74. The van der Waals surface area contributed by atoms with Gasteiger partial charge < -0.3 is 5.32 Å². The molecule has 0 atom stereocenters. The molecule has 1 aliphatic rings. The molecule has 9 heteroatoms. The van der Waals surface area contributed by atoms with Crippen molar-refractivity contribution in [2.45, 2.75) is 30.7 Å². The van der Waals surface area contributed by atoms with Crippen LogP contribution in [0.3, 0.4) is 0 Å². The van der Waals surface area contributed by atoms with Gasteiger partial charge in [-0.25, -0.2) is 8.42 Å². The largest absolute Gasteiger partial charge is 0.349 e. The fraction of sp³-hybridized carbons (Fsp3) is 0.545. The van der Waals surface area contributed by atoms with E-state index in [1.165, 1.54) is 6.07 Å². The lowest BCUT2D eigenvalue weighted by molar-refractivity contribution is 0.0938. The summed E-state index contributed by atoms with van der Waals surface area (Å²) >= 11 is 1.10. The SMILES string of the molecule is Cc1sc(C(=O)NC2CCS(=O)CC2)cc1S(=O)(=O)Cl. The van der Waals surface area contributed by atoms with E-state index in [9.17, 15) is 17.4 Å². The Bertz CT molecular complexity index is 643. The van der Waals surface area contributed by atoms with Crippen LogP contribution in [0.2, 0.25) is 0 Å². The number of amides is 1. The normalized spacial score (nSPS) is 23.5. The standard InChI is InChI=1S/C11H14ClNO4S3/c1-7-10(20(12,16)17)6-9(18-7)11(14)13-8-2-4-19(15)5-3-8/h6,8H,2-5H2,1H3,(H,13,14). The number of hydrogen-bond acceptors (Lipinski definition) is 5. The van der Waals surface area contributed by atoms with E-state index in [0.717, 1.165) is 11.3 Å². The smallest absolute Gasteiger partial charge is 0.262 e. The number of nitrogens with one attached hydrogen (secondary N) is 1. The Morgan fingerprint density at radius 3 is 2.55 bits per heavy atom. The summed E-state index contributed by atoms with van der Waals surface area (Å²) in [7, 11) is 0.702. The maximum absolute atomic E-state index is 12.1. The molecule has 1 aromatic heterocycles. The highest BCUT2D eigenvalue weighted by Crippen LogP contribution is 2.28. The minimum atomic E-state index is -3.82. The van der Waals surface area contributed by atoms with Gasteiger partial charge in [-0.05, 0) is 25.8 Å². The molecule has 0 aliphatic carbocycles. The van der Waals surface area contributed by atoms with Crippen molar-refractivity contribution in [2.75, 3.05) is 11.5 Å². The van der Waals surface area contributed by atoms with E-state index in [4.69, 9.17) is 10.7 Å². The summed E-state index contributed by atoms with van der Waals surface area (Å²) in [4.78, 5) is 12.9. The maximum atomic E-state index is 12.1. The number of aryl methyl sites for hydroxylation is 1. The molecule has 0 bridgehead atoms. The van der Waals surface area contributed by atoms with Crippen molar-refractivity contribution in [2.24, 2.45) is 0 Å². The molecule has 0 spiro atoms. The third-order valence-corrected chi connectivity index (χ3v) is 7.09. The van der Waals surface area contributed by atoms with E-state index in [1.807, 2.05) is 0 Å². The van der Waals surface area contributed by atoms with Crippen LogP contribution in [0.15, 0.2) is 11.0 Å². The van der Waals surface area contributed by atoms with Crippen molar-refractivity contribution in [1.29, 1.82) is 0 Å². The number of thiophene rings is 1. The first-order valence-corrected chi connectivity index (χ1v) is 10.6. The summed E-state index contributed by atoms with van der Waals surface area (Å²) in [5.74, 6) is 0.883. The second kappa shape index (κ2) is 6.13. The Kier molecular flexibility index (Phi) is 4.88. The minimum absolute atomic E-state index is 0.00124. The summed E-state index contributed by atoms with van der Waals surface area (Å²) in [6.45, 7) is 1.61. The van der Waals surface area contributed by atoms with Crippen LogP contribution in [0.5, 0.6) is 0 Å². The second-order valence-corrected chi connectivity index (χ2v) is 10.1. The first-order chi connectivity index (χ1) is 9.27. The monoisotopic (exact) mass is 355 g/mol. The third-order valence-electron chi connectivity index (χ3n) is 3.08. The van der Waals surface area contributed by atoms with Gasteiger partial charge in [0.05, 0.1) is 9.77 Å². The van der Waals surface area contributed by atoms with Gasteiger partial charge in [-0.3, -0.25) is 9.00 Å². The van der Waals surface area contributed by atoms with Gasteiger partial charge in [0.25, 0.3) is 15.0 Å². The van der Waals surface area contributed by atoms with Gasteiger partial charge in [-0.15, -0.1) is 11.3 Å². The zero-order chi connectivity index (χ0) is 14.9. The van der Waals surface area contributed by atoms with Crippen molar-refractivity contribution in [3.63, 3.8) is 0 Å². The quantitative estimate of drug-likeness (QED) is 0.835. The fourth-order valence-corrected chi connectivity index (χ4v) is 5.88. The van der Waals surface area contributed by atoms with Crippen LogP contribution in [-0.4, -0.2) is 36.1 Å². The van der Waals surface area contributed by atoms with E-state index in [-0.39, 0.29) is 16.8 Å². The topological polar surface area (TPSA) is 80.3 Å². The average molecular weight is 356 g/mol. The van der Waals surface area contributed by atoms with Crippen molar-refractivity contribution in [3.05, 3.63) is 15.8 Å². The Morgan fingerprint density at radius 2 is 2.05 bits per heavy atom. The molecule has 2 heterocycles. The molecule has 0 saturated carbocycles. The number of halogens is 1. The number of rotatable bonds is 3. The molecule has 1 N–H and O–H groups in total. The molecule has 5 nitrogen and oxygen atoms in total. The molecule has 0 aromatic carbocycles. The highest BCUT2D eigenvalue weighted by atomic mass is 35.7. The van der Waals surface area contributed by atoms with E-state index in [0.29, 0.717) is 34.1 Å². The summed E-state index contributed by atoms with van der Waals surface area (Å²) in [6.07, 6.45) is 1.37. The maximum Gasteiger partial charge on any atom is 0.262 e. The molecule has 20 heavy (non-hydrogen) atoms. The van der Waals surface area contributed by atoms with Gasteiger partial charge in [-0.2, -0.15) is 0 Å². The Morgan fingerprint density at radius 1 is 1.45 bits per heavy atom. The van der Waals surface area contributed by atoms with Crippen LogP contribution in [-0.2, 0) is 19.9 Å². The predicted molar refractivity (Wildman–Crippen MR) is 80.5 cm³/mol. The molecule has 0 unspecified atom stereocenters. The Balaban J connectivity index is 2.08. The molecule has 2 rings (SSSR count). The number of carbonyl (C=O) groups excluding carboxylic acids is 1. The van der Waals surface area contributed by atoms with Gasteiger partial charge in [-0.1, -0.05) is 0 Å². The highest BCUT2D eigenvalue weighted by molar-refractivity contribution is 8.13. The molecule has 1 aromatic rings. The van der Waals surface area contributed by atoms with Crippen molar-refractivity contribution < 1.29 is 17.4 Å². The lowest BCUT2D eigenvalue weighted by atomic mass is 10.1. The summed E-state index contributed by atoms with van der Waals surface area (Å²) < 4.78 is 33.9. The van der Waals surface area contributed by atoms with Crippen LogP contribution in [0.1, 0.15) is 27.4 Å². The van der Waals surface area contributed by atoms with E-state index in [1.54, 1.807) is 6.92 Å². The Hall–Kier alpha value is -0.440. The fourth-order valence-electron chi connectivity index (χ4n) is 2.01. The highest BCUT2D eigenvalue weighted by Gasteiger charge is 2.23. The minimum Gasteiger partial charge on any atom is -0.349 e. The van der Waals surface area contributed by atoms with Crippen LogP contribution in [0.4, 0.5) is 0 Å².